The lowest BCUT2D eigenvalue weighted by Crippen LogP contribution is -2.22. The van der Waals surface area contributed by atoms with Gasteiger partial charge in [-0.15, -0.1) is 0 Å². The molecule has 190 valence electrons. The number of pyridine rings is 1. The number of aromatic nitrogens is 4. The van der Waals surface area contributed by atoms with Gasteiger partial charge in [0.1, 0.15) is 18.6 Å². The van der Waals surface area contributed by atoms with Gasteiger partial charge in [0.05, 0.1) is 22.0 Å². The third-order valence-electron chi connectivity index (χ3n) is 5.98. The number of fused-ring (bicyclic) bond motifs is 3. The van der Waals surface area contributed by atoms with Crippen LogP contribution in [0.5, 0.6) is 0 Å². The molecule has 0 fully saturated rings. The summed E-state index contributed by atoms with van der Waals surface area (Å²) in [6.45, 7) is -0.637. The van der Waals surface area contributed by atoms with Crippen LogP contribution in [-0.4, -0.2) is 73.1 Å². The standard InChI is InChI=1S/C25H24N6O4S2/c1-30(2)24(34)14-6-9-18(19(11-14)37(3)35)31-22-16(21(29-31)15-5-4-10-26-12-15)7-8-17-23(22)36-25(27-17)28-20(33)13-32/h4-6,9-12,32H,7-8,13H2,1-3H3,(H,27,28,33). The molecule has 5 rings (SSSR count). The smallest absolute Gasteiger partial charge is 0.253 e. The average Bonchev–Trinajstić information content (AvgIpc) is 3.49. The number of aliphatic hydroxyl groups excluding tert-OH is 1. The molecule has 1 aliphatic rings. The molecular weight excluding hydrogens is 512 g/mol. The lowest BCUT2D eigenvalue weighted by atomic mass is 9.95. The van der Waals surface area contributed by atoms with Gasteiger partial charge >= 0.3 is 0 Å². The van der Waals surface area contributed by atoms with Crippen LogP contribution in [0, 0.1) is 0 Å². The third kappa shape index (κ3) is 4.64. The maximum Gasteiger partial charge on any atom is 0.253 e. The Hall–Kier alpha value is -3.58. The minimum absolute atomic E-state index is 0.189. The van der Waals surface area contributed by atoms with Crippen LogP contribution in [0.4, 0.5) is 5.13 Å². The zero-order valence-corrected chi connectivity index (χ0v) is 22.0. The maximum atomic E-state index is 12.9. The zero-order valence-electron chi connectivity index (χ0n) is 20.4. The van der Waals surface area contributed by atoms with E-state index in [0.29, 0.717) is 34.1 Å². The number of anilines is 1. The fraction of sp³-hybridized carbons (Fsp3) is 0.240. The summed E-state index contributed by atoms with van der Waals surface area (Å²) in [6, 6.07) is 8.90. The number of nitrogens with one attached hydrogen (secondary N) is 1. The van der Waals surface area contributed by atoms with E-state index in [-0.39, 0.29) is 5.91 Å². The van der Waals surface area contributed by atoms with Gasteiger partial charge < -0.3 is 14.6 Å². The van der Waals surface area contributed by atoms with Gasteiger partial charge in [0.15, 0.2) is 10.0 Å². The van der Waals surface area contributed by atoms with E-state index in [9.17, 15) is 14.1 Å². The van der Waals surface area contributed by atoms with Crippen molar-refractivity contribution in [2.24, 2.45) is 0 Å². The summed E-state index contributed by atoms with van der Waals surface area (Å²) in [5, 5.41) is 17.1. The number of aryl methyl sites for hydroxylation is 1. The molecule has 0 saturated heterocycles. The summed E-state index contributed by atoms with van der Waals surface area (Å²) in [4.78, 5) is 36.0. The first-order valence-electron chi connectivity index (χ1n) is 11.4. The molecule has 10 nitrogen and oxygen atoms in total. The van der Waals surface area contributed by atoms with Gasteiger partial charge in [0.2, 0.25) is 0 Å². The van der Waals surface area contributed by atoms with Crippen LogP contribution in [0.25, 0.3) is 27.5 Å². The van der Waals surface area contributed by atoms with Crippen molar-refractivity contribution < 1.29 is 19.2 Å². The van der Waals surface area contributed by atoms with E-state index in [1.54, 1.807) is 55.6 Å². The Kier molecular flexibility index (Phi) is 6.82. The van der Waals surface area contributed by atoms with Crippen molar-refractivity contribution in [1.82, 2.24) is 24.6 Å². The van der Waals surface area contributed by atoms with Gasteiger partial charge in [-0.25, -0.2) is 9.67 Å². The van der Waals surface area contributed by atoms with E-state index in [4.69, 9.17) is 10.2 Å². The summed E-state index contributed by atoms with van der Waals surface area (Å²) < 4.78 is 14.6. The molecule has 0 radical (unpaired) electrons. The highest BCUT2D eigenvalue weighted by Gasteiger charge is 2.32. The van der Waals surface area contributed by atoms with E-state index in [2.05, 4.69) is 15.3 Å². The number of nitrogens with zero attached hydrogens (tertiary/aromatic N) is 5. The summed E-state index contributed by atoms with van der Waals surface area (Å²) in [7, 11) is 3.34. The number of aliphatic hydroxyl groups is 1. The number of rotatable bonds is 6. The summed E-state index contributed by atoms with van der Waals surface area (Å²) in [6.07, 6.45) is 6.32. The van der Waals surface area contributed by atoms with Crippen molar-refractivity contribution >= 4 is 39.5 Å². The number of carbonyl (C=O) groups excluding carboxylic acids is 2. The molecule has 1 aliphatic carbocycles. The average molecular weight is 537 g/mol. The van der Waals surface area contributed by atoms with Crippen molar-refractivity contribution in [1.29, 1.82) is 0 Å². The highest BCUT2D eigenvalue weighted by Crippen LogP contribution is 2.44. The zero-order chi connectivity index (χ0) is 26.3. The van der Waals surface area contributed by atoms with Crippen LogP contribution >= 0.6 is 11.3 Å². The first-order valence-corrected chi connectivity index (χ1v) is 13.8. The van der Waals surface area contributed by atoms with Crippen molar-refractivity contribution in [3.05, 3.63) is 59.5 Å². The van der Waals surface area contributed by atoms with Gasteiger partial charge in [-0.05, 0) is 48.3 Å². The second-order valence-corrected chi connectivity index (χ2v) is 11.0. The fourth-order valence-electron chi connectivity index (χ4n) is 4.30. The number of hydrogen-bond donors (Lipinski definition) is 2. The lowest BCUT2D eigenvalue weighted by Gasteiger charge is -2.17. The molecule has 4 aromatic rings. The molecular formula is C25H24N6O4S2. The number of carbonyl (C=O) groups is 2. The second kappa shape index (κ2) is 10.1. The number of hydrogen-bond acceptors (Lipinski definition) is 8. The maximum absolute atomic E-state index is 12.9. The Bertz CT molecular complexity index is 1500. The van der Waals surface area contributed by atoms with Crippen LogP contribution in [0.1, 0.15) is 21.6 Å². The van der Waals surface area contributed by atoms with E-state index in [1.165, 1.54) is 16.2 Å². The molecule has 1 unspecified atom stereocenters. The van der Waals surface area contributed by atoms with Gasteiger partial charge in [0.25, 0.3) is 11.8 Å². The fourth-order valence-corrected chi connectivity index (χ4v) is 6.13. The van der Waals surface area contributed by atoms with Crippen LogP contribution in [0.3, 0.4) is 0 Å². The highest BCUT2D eigenvalue weighted by molar-refractivity contribution is 7.90. The predicted octanol–water partition coefficient (Wildman–Crippen LogP) is 2.53. The highest BCUT2D eigenvalue weighted by atomic mass is 32.2. The Labute approximate surface area is 220 Å². The van der Waals surface area contributed by atoms with Gasteiger partial charge in [-0.1, -0.05) is 11.3 Å². The number of amides is 2. The Morgan fingerprint density at radius 2 is 2.08 bits per heavy atom. The second-order valence-electron chi connectivity index (χ2n) is 8.67. The van der Waals surface area contributed by atoms with Crippen LogP contribution in [0.15, 0.2) is 47.6 Å². The molecule has 0 bridgehead atoms. The van der Waals surface area contributed by atoms with Crippen molar-refractivity contribution in [3.8, 4) is 27.5 Å². The molecule has 3 aromatic heterocycles. The molecule has 1 atom stereocenters. The molecule has 3 heterocycles. The quantitative estimate of drug-likeness (QED) is 0.361. The van der Waals surface area contributed by atoms with Crippen LogP contribution < -0.4 is 5.32 Å². The Morgan fingerprint density at radius 1 is 1.27 bits per heavy atom. The van der Waals surface area contributed by atoms with Crippen LogP contribution in [-0.2, 0) is 28.8 Å². The molecule has 12 heteroatoms. The normalized spacial score (nSPS) is 13.0. The monoisotopic (exact) mass is 536 g/mol. The van der Waals surface area contributed by atoms with E-state index >= 15 is 0 Å². The Balaban J connectivity index is 1.74. The SMILES string of the molecule is CN(C)C(=O)c1ccc(-n2nc(-c3cccnc3)c3c2-c2sc(NC(=O)CO)nc2CC3)c([S+](C)[O-])c1. The largest absolute Gasteiger partial charge is 0.612 e. The molecule has 0 aliphatic heterocycles. The van der Waals surface area contributed by atoms with Gasteiger partial charge in [0, 0.05) is 49.2 Å². The minimum atomic E-state index is -1.42. The summed E-state index contributed by atoms with van der Waals surface area (Å²) >= 11 is -0.122. The van der Waals surface area contributed by atoms with Gasteiger partial charge in [-0.3, -0.25) is 19.9 Å². The topological polar surface area (TPSA) is 136 Å². The molecule has 0 spiro atoms. The van der Waals surface area contributed by atoms with Crippen LogP contribution in [0.2, 0.25) is 0 Å². The van der Waals surface area contributed by atoms with Crippen molar-refractivity contribution in [3.63, 3.8) is 0 Å². The summed E-state index contributed by atoms with van der Waals surface area (Å²) in [5.74, 6) is -0.730. The molecule has 2 amide bonds. The molecule has 2 N–H and O–H groups in total. The molecule has 37 heavy (non-hydrogen) atoms. The van der Waals surface area contributed by atoms with Crippen molar-refractivity contribution in [2.75, 3.05) is 32.3 Å². The number of thiazole rings is 1. The predicted molar refractivity (Wildman–Crippen MR) is 141 cm³/mol. The lowest BCUT2D eigenvalue weighted by molar-refractivity contribution is -0.118. The van der Waals surface area contributed by atoms with E-state index in [1.807, 2.05) is 12.1 Å². The molecule has 1 aromatic carbocycles. The first-order chi connectivity index (χ1) is 17.8. The van der Waals surface area contributed by atoms with E-state index < -0.39 is 23.7 Å². The first kappa shape index (κ1) is 25.1. The summed E-state index contributed by atoms with van der Waals surface area (Å²) in [5.41, 5.74) is 5.21. The van der Waals surface area contributed by atoms with E-state index in [0.717, 1.165) is 33.1 Å². The van der Waals surface area contributed by atoms with Crippen molar-refractivity contribution in [2.45, 2.75) is 17.7 Å². The minimum Gasteiger partial charge on any atom is -0.612 e. The number of benzene rings is 1. The third-order valence-corrected chi connectivity index (χ3v) is 7.95. The Morgan fingerprint density at radius 3 is 2.76 bits per heavy atom. The molecule has 0 saturated carbocycles. The van der Waals surface area contributed by atoms with Gasteiger partial charge in [-0.2, -0.15) is 5.10 Å².